The number of hydrogen-bond acceptors (Lipinski definition) is 5. The molecule has 0 atom stereocenters. The van der Waals surface area contributed by atoms with Gasteiger partial charge in [0.05, 0.1) is 12.2 Å². The molecule has 1 heterocycles. The molecular formula is C25H30BrClN4O3. The van der Waals surface area contributed by atoms with Crippen LogP contribution in [0.1, 0.15) is 44.7 Å². The van der Waals surface area contributed by atoms with Crippen molar-refractivity contribution in [3.8, 4) is 11.6 Å². The lowest BCUT2D eigenvalue weighted by atomic mass is 10.0. The molecule has 0 saturated heterocycles. The third-order valence-corrected chi connectivity index (χ3v) is 6.63. The van der Waals surface area contributed by atoms with E-state index in [0.717, 1.165) is 34.2 Å². The minimum atomic E-state index is -0.554. The minimum absolute atomic E-state index is 0.0344. The molecule has 1 N–H and O–H groups in total. The van der Waals surface area contributed by atoms with Gasteiger partial charge in [0.2, 0.25) is 5.88 Å². The third-order valence-electron chi connectivity index (χ3n) is 5.73. The zero-order valence-corrected chi connectivity index (χ0v) is 22.4. The summed E-state index contributed by atoms with van der Waals surface area (Å²) >= 11 is 9.72. The van der Waals surface area contributed by atoms with Crippen molar-refractivity contribution in [1.29, 1.82) is 0 Å². The summed E-state index contributed by atoms with van der Waals surface area (Å²) in [6.45, 7) is 12.0. The lowest BCUT2D eigenvalue weighted by Gasteiger charge is -2.20. The number of carbonyl (C=O) groups excluding carboxylic acids is 1. The number of nitrogens with zero attached hydrogens (tertiary/aromatic N) is 4. The summed E-state index contributed by atoms with van der Waals surface area (Å²) in [5, 5.41) is 20.2. The number of fused-ring (bicyclic) bond motifs is 1. The van der Waals surface area contributed by atoms with Crippen LogP contribution in [0, 0.1) is 6.92 Å². The van der Waals surface area contributed by atoms with Crippen molar-refractivity contribution in [2.45, 2.75) is 47.2 Å². The first kappa shape index (κ1) is 26.2. The van der Waals surface area contributed by atoms with Gasteiger partial charge < -0.3 is 9.84 Å². The first-order valence-corrected chi connectivity index (χ1v) is 12.4. The predicted octanol–water partition coefficient (Wildman–Crippen LogP) is 7.18. The van der Waals surface area contributed by atoms with Gasteiger partial charge in [-0.2, -0.15) is 0 Å². The van der Waals surface area contributed by atoms with Crippen LogP contribution in [0.15, 0.2) is 45.0 Å². The van der Waals surface area contributed by atoms with Crippen LogP contribution in [0.5, 0.6) is 11.6 Å². The number of halogens is 2. The van der Waals surface area contributed by atoms with E-state index < -0.39 is 5.91 Å². The van der Waals surface area contributed by atoms with Crippen LogP contribution in [0.25, 0.3) is 10.9 Å². The number of benzene rings is 2. The molecule has 0 bridgehead atoms. The first-order chi connectivity index (χ1) is 16.2. The standard InChI is InChI=1S/C25H30BrClN4O3/c1-6-30(7-2)14-31-21-9-8-17(26)11-19(21)24(25(31)33)29-28-23(32)13-34-22-10-16(5)20(27)12-18(22)15(3)4/h8-12,15,33H,6-7,13-14H2,1-5H3. The van der Waals surface area contributed by atoms with Crippen molar-refractivity contribution in [1.82, 2.24) is 9.47 Å². The molecule has 182 valence electrons. The highest BCUT2D eigenvalue weighted by molar-refractivity contribution is 9.10. The Labute approximate surface area is 213 Å². The maximum atomic E-state index is 12.5. The van der Waals surface area contributed by atoms with Crippen LogP contribution in [0.2, 0.25) is 5.02 Å². The van der Waals surface area contributed by atoms with Crippen molar-refractivity contribution in [2.24, 2.45) is 10.2 Å². The van der Waals surface area contributed by atoms with E-state index in [2.05, 4.69) is 44.9 Å². The summed E-state index contributed by atoms with van der Waals surface area (Å²) in [5.41, 5.74) is 2.85. The fraction of sp³-hybridized carbons (Fsp3) is 0.400. The van der Waals surface area contributed by atoms with Gasteiger partial charge in [-0.3, -0.25) is 14.3 Å². The SMILES string of the molecule is CCN(CC)Cn1c(O)c(N=NC(=O)COc2cc(C)c(Cl)cc2C(C)C)c2cc(Br)ccc21. The Morgan fingerprint density at radius 2 is 1.94 bits per heavy atom. The van der Waals surface area contributed by atoms with Crippen molar-refractivity contribution < 1.29 is 14.6 Å². The molecular weight excluding hydrogens is 520 g/mol. The van der Waals surface area contributed by atoms with Crippen molar-refractivity contribution in [3.05, 3.63) is 51.0 Å². The molecule has 0 radical (unpaired) electrons. The van der Waals surface area contributed by atoms with E-state index >= 15 is 0 Å². The number of ether oxygens (including phenoxy) is 1. The smallest absolute Gasteiger partial charge is 0.302 e. The molecule has 0 aliphatic rings. The lowest BCUT2D eigenvalue weighted by Crippen LogP contribution is -2.25. The van der Waals surface area contributed by atoms with E-state index in [1.54, 1.807) is 4.57 Å². The van der Waals surface area contributed by atoms with Crippen LogP contribution in [-0.4, -0.2) is 40.2 Å². The zero-order chi connectivity index (χ0) is 25.0. The number of carbonyl (C=O) groups is 1. The molecule has 2 aromatic carbocycles. The summed E-state index contributed by atoms with van der Waals surface area (Å²) in [6, 6.07) is 9.36. The normalized spacial score (nSPS) is 11.9. The Balaban J connectivity index is 1.85. The zero-order valence-electron chi connectivity index (χ0n) is 20.1. The van der Waals surface area contributed by atoms with Crippen molar-refractivity contribution in [3.63, 3.8) is 0 Å². The average Bonchev–Trinajstić information content (AvgIpc) is 3.05. The Hall–Kier alpha value is -2.42. The van der Waals surface area contributed by atoms with E-state index in [1.807, 2.05) is 51.1 Å². The molecule has 0 saturated carbocycles. The van der Waals surface area contributed by atoms with Gasteiger partial charge in [-0.1, -0.05) is 55.2 Å². The third kappa shape index (κ3) is 5.79. The van der Waals surface area contributed by atoms with E-state index in [-0.39, 0.29) is 24.1 Å². The molecule has 9 heteroatoms. The topological polar surface area (TPSA) is 79.4 Å². The van der Waals surface area contributed by atoms with E-state index in [1.165, 1.54) is 0 Å². The van der Waals surface area contributed by atoms with Gasteiger partial charge >= 0.3 is 5.91 Å². The number of amides is 1. The molecule has 3 rings (SSSR count). The monoisotopic (exact) mass is 548 g/mol. The van der Waals surface area contributed by atoms with Crippen molar-refractivity contribution in [2.75, 3.05) is 19.7 Å². The molecule has 3 aromatic rings. The van der Waals surface area contributed by atoms with E-state index in [0.29, 0.717) is 22.8 Å². The second-order valence-electron chi connectivity index (χ2n) is 8.38. The van der Waals surface area contributed by atoms with Gasteiger partial charge in [0.1, 0.15) is 5.75 Å². The summed E-state index contributed by atoms with van der Waals surface area (Å²) < 4.78 is 8.38. The predicted molar refractivity (Wildman–Crippen MR) is 140 cm³/mol. The number of azo groups is 1. The quantitative estimate of drug-likeness (QED) is 0.287. The molecule has 0 unspecified atom stereocenters. The van der Waals surface area contributed by atoms with Gasteiger partial charge in [0.15, 0.2) is 12.3 Å². The van der Waals surface area contributed by atoms with Crippen LogP contribution in [0.4, 0.5) is 5.69 Å². The lowest BCUT2D eigenvalue weighted by molar-refractivity contribution is -0.120. The van der Waals surface area contributed by atoms with Crippen LogP contribution < -0.4 is 4.74 Å². The Morgan fingerprint density at radius 3 is 2.59 bits per heavy atom. The molecule has 0 fully saturated rings. The van der Waals surface area contributed by atoms with Gasteiger partial charge in [0, 0.05) is 14.9 Å². The molecule has 34 heavy (non-hydrogen) atoms. The summed E-state index contributed by atoms with van der Waals surface area (Å²) in [4.78, 5) is 14.7. The summed E-state index contributed by atoms with van der Waals surface area (Å²) in [7, 11) is 0. The molecule has 0 spiro atoms. The number of hydrogen-bond donors (Lipinski definition) is 1. The molecule has 1 amide bonds. The molecule has 7 nitrogen and oxygen atoms in total. The Bertz CT molecular complexity index is 1220. The fourth-order valence-electron chi connectivity index (χ4n) is 3.68. The number of rotatable bonds is 9. The van der Waals surface area contributed by atoms with Gasteiger partial charge in [-0.05, 0) is 67.4 Å². The highest BCUT2D eigenvalue weighted by atomic mass is 79.9. The highest BCUT2D eigenvalue weighted by Crippen LogP contribution is 2.40. The van der Waals surface area contributed by atoms with Gasteiger partial charge in [0.25, 0.3) is 0 Å². The van der Waals surface area contributed by atoms with Crippen molar-refractivity contribution >= 4 is 50.0 Å². The van der Waals surface area contributed by atoms with E-state index in [4.69, 9.17) is 16.3 Å². The van der Waals surface area contributed by atoms with Crippen LogP contribution in [0.3, 0.4) is 0 Å². The minimum Gasteiger partial charge on any atom is -0.493 e. The van der Waals surface area contributed by atoms with Gasteiger partial charge in [-0.25, -0.2) is 0 Å². The average molecular weight is 550 g/mol. The number of aryl methyl sites for hydroxylation is 1. The fourth-order valence-corrected chi connectivity index (χ4v) is 4.21. The van der Waals surface area contributed by atoms with Crippen LogP contribution >= 0.6 is 27.5 Å². The largest absolute Gasteiger partial charge is 0.493 e. The summed E-state index contributed by atoms with van der Waals surface area (Å²) in [6.07, 6.45) is 0. The molecule has 1 aromatic heterocycles. The highest BCUT2D eigenvalue weighted by Gasteiger charge is 2.19. The maximum absolute atomic E-state index is 12.5. The number of aromatic nitrogens is 1. The maximum Gasteiger partial charge on any atom is 0.302 e. The Kier molecular flexibility index (Phi) is 8.73. The number of aromatic hydroxyl groups is 1. The first-order valence-electron chi connectivity index (χ1n) is 11.3. The van der Waals surface area contributed by atoms with Crippen LogP contribution in [-0.2, 0) is 11.5 Å². The second kappa shape index (κ2) is 11.3. The second-order valence-corrected chi connectivity index (χ2v) is 9.71. The molecule has 0 aliphatic carbocycles. The van der Waals surface area contributed by atoms with Gasteiger partial charge in [-0.15, -0.1) is 10.2 Å². The summed E-state index contributed by atoms with van der Waals surface area (Å²) in [5.74, 6) is 0.189. The molecule has 0 aliphatic heterocycles. The Morgan fingerprint density at radius 1 is 1.24 bits per heavy atom. The van der Waals surface area contributed by atoms with E-state index in [9.17, 15) is 9.90 Å².